The fourth-order valence-electron chi connectivity index (χ4n) is 4.56. The van der Waals surface area contributed by atoms with Gasteiger partial charge in [0.1, 0.15) is 0 Å². The molecule has 0 amide bonds. The Balaban J connectivity index is 1.40. The van der Waals surface area contributed by atoms with E-state index in [1.54, 1.807) is 19.3 Å². The molecule has 0 aliphatic carbocycles. The number of benzene rings is 2. The number of fused-ring (bicyclic) bond motifs is 1. The van der Waals surface area contributed by atoms with Crippen LogP contribution in [0.25, 0.3) is 17.0 Å². The number of aliphatic hydroxyl groups excluding tert-OH is 1. The lowest BCUT2D eigenvalue weighted by atomic mass is 9.98. The van der Waals surface area contributed by atoms with E-state index < -0.39 is 12.1 Å². The zero-order chi connectivity index (χ0) is 24.8. The van der Waals surface area contributed by atoms with E-state index in [0.717, 1.165) is 49.5 Å². The van der Waals surface area contributed by atoms with Gasteiger partial charge in [-0.15, -0.1) is 0 Å². The van der Waals surface area contributed by atoms with Crippen LogP contribution in [0.15, 0.2) is 54.6 Å². The Morgan fingerprint density at radius 1 is 1.17 bits per heavy atom. The molecule has 3 N–H and O–H groups in total. The average molecular weight is 476 g/mol. The molecule has 4 rings (SSSR count). The molecule has 1 unspecified atom stereocenters. The highest BCUT2D eigenvalue weighted by Crippen LogP contribution is 2.29. The van der Waals surface area contributed by atoms with E-state index >= 15 is 0 Å². The summed E-state index contributed by atoms with van der Waals surface area (Å²) in [7, 11) is 1.55. The van der Waals surface area contributed by atoms with Crippen molar-refractivity contribution >= 4 is 22.9 Å². The molecule has 7 nitrogen and oxygen atoms in total. The Morgan fingerprint density at radius 2 is 1.91 bits per heavy atom. The molecule has 0 spiro atoms. The van der Waals surface area contributed by atoms with Crippen LogP contribution in [0.4, 0.5) is 0 Å². The van der Waals surface area contributed by atoms with Crippen molar-refractivity contribution in [3.05, 3.63) is 76.9 Å². The quantitative estimate of drug-likeness (QED) is 0.404. The molecule has 2 aromatic carbocycles. The maximum Gasteiger partial charge on any atom is 0.328 e. The van der Waals surface area contributed by atoms with Crippen LogP contribution < -0.4 is 10.1 Å². The van der Waals surface area contributed by atoms with Crippen LogP contribution in [-0.4, -0.2) is 58.9 Å². The summed E-state index contributed by atoms with van der Waals surface area (Å²) in [5, 5.41) is 24.6. The van der Waals surface area contributed by atoms with Crippen molar-refractivity contribution in [3.8, 4) is 5.88 Å². The Bertz CT molecular complexity index is 1180. The van der Waals surface area contributed by atoms with Crippen LogP contribution in [0.2, 0.25) is 0 Å². The maximum absolute atomic E-state index is 11.1. The Hall–Kier alpha value is -3.26. The summed E-state index contributed by atoms with van der Waals surface area (Å²) < 4.78 is 5.30. The molecule has 1 aliphatic rings. The van der Waals surface area contributed by atoms with Gasteiger partial charge < -0.3 is 25.2 Å². The van der Waals surface area contributed by atoms with Gasteiger partial charge in [0.2, 0.25) is 5.88 Å². The van der Waals surface area contributed by atoms with Gasteiger partial charge in [-0.3, -0.25) is 0 Å². The number of carbonyl (C=O) groups is 1. The van der Waals surface area contributed by atoms with Gasteiger partial charge in [0, 0.05) is 42.2 Å². The number of aromatic nitrogens is 1. The number of aliphatic hydroxyl groups is 1. The third kappa shape index (κ3) is 6.45. The summed E-state index contributed by atoms with van der Waals surface area (Å²) in [6, 6.07) is 16.3. The molecule has 1 aliphatic heterocycles. The summed E-state index contributed by atoms with van der Waals surface area (Å²) in [4.78, 5) is 17.8. The molecule has 3 aromatic rings. The Kier molecular flexibility index (Phi) is 8.13. The molecule has 0 saturated carbocycles. The second kappa shape index (κ2) is 11.4. The van der Waals surface area contributed by atoms with E-state index in [4.69, 9.17) is 9.84 Å². The minimum absolute atomic E-state index is 0.450. The predicted molar refractivity (Wildman–Crippen MR) is 137 cm³/mol. The third-order valence-corrected chi connectivity index (χ3v) is 6.60. The number of aryl methyl sites for hydroxylation is 1. The second-order valence-electron chi connectivity index (χ2n) is 9.12. The highest BCUT2D eigenvalue weighted by molar-refractivity contribution is 5.94. The van der Waals surface area contributed by atoms with Crippen LogP contribution >= 0.6 is 0 Å². The molecule has 0 radical (unpaired) electrons. The van der Waals surface area contributed by atoms with Crippen molar-refractivity contribution < 1.29 is 19.7 Å². The summed E-state index contributed by atoms with van der Waals surface area (Å²) in [6.07, 6.45) is 4.00. The SMILES string of the molecule is COc1ccc2c(/C=C/C(=O)O)ccc(C(O)CN3CCC(NCc4ccc(C)cc4)CC3)c2n1. The number of hydrogen-bond acceptors (Lipinski definition) is 6. The molecule has 1 atom stereocenters. The van der Waals surface area contributed by atoms with Crippen molar-refractivity contribution in [1.29, 1.82) is 0 Å². The maximum atomic E-state index is 11.1. The van der Waals surface area contributed by atoms with Gasteiger partial charge in [0.25, 0.3) is 0 Å². The fourth-order valence-corrected chi connectivity index (χ4v) is 4.56. The summed E-state index contributed by atoms with van der Waals surface area (Å²) >= 11 is 0. The fraction of sp³-hybridized carbons (Fsp3) is 0.357. The number of carboxylic acids is 1. The molecule has 184 valence electrons. The summed E-state index contributed by atoms with van der Waals surface area (Å²) in [6.45, 7) is 5.31. The van der Waals surface area contributed by atoms with Gasteiger partial charge in [0.05, 0.1) is 18.7 Å². The zero-order valence-electron chi connectivity index (χ0n) is 20.3. The van der Waals surface area contributed by atoms with E-state index in [1.807, 2.05) is 18.2 Å². The smallest absolute Gasteiger partial charge is 0.328 e. The number of hydrogen-bond donors (Lipinski definition) is 3. The molecule has 35 heavy (non-hydrogen) atoms. The predicted octanol–water partition coefficient (Wildman–Crippen LogP) is 3.94. The molecule has 1 fully saturated rings. The van der Waals surface area contributed by atoms with Gasteiger partial charge in [-0.1, -0.05) is 42.0 Å². The minimum atomic E-state index is -1.01. The standard InChI is InChI=1S/C28H33N3O4/c1-19-3-5-20(6-4-19)17-29-22-13-15-31(16-14-22)18-25(32)24-9-7-21(8-12-27(33)34)23-10-11-26(35-2)30-28(23)24/h3-12,22,25,29,32H,13-18H2,1-2H3,(H,33,34)/b12-8+. The van der Waals surface area contributed by atoms with Crippen molar-refractivity contribution in [1.82, 2.24) is 15.2 Å². The molecule has 1 aromatic heterocycles. The normalized spacial score (nSPS) is 16.1. The lowest BCUT2D eigenvalue weighted by molar-refractivity contribution is -0.131. The van der Waals surface area contributed by atoms with Crippen LogP contribution in [0, 0.1) is 6.92 Å². The van der Waals surface area contributed by atoms with E-state index in [0.29, 0.717) is 29.5 Å². The summed E-state index contributed by atoms with van der Waals surface area (Å²) in [5.74, 6) is -0.564. The number of nitrogens with zero attached hydrogens (tertiary/aromatic N) is 2. The van der Waals surface area contributed by atoms with Gasteiger partial charge in [0.15, 0.2) is 0 Å². The van der Waals surface area contributed by atoms with E-state index in [9.17, 15) is 9.90 Å². The number of β-amino-alcohol motifs (C(OH)–C–C–N with tert-alkyl or cyclic N) is 1. The molecule has 2 heterocycles. The first-order chi connectivity index (χ1) is 16.9. The number of piperidine rings is 1. The zero-order valence-corrected chi connectivity index (χ0v) is 20.3. The monoisotopic (exact) mass is 475 g/mol. The molecular weight excluding hydrogens is 442 g/mol. The number of carboxylic acid groups (broad SMARTS) is 1. The number of likely N-dealkylation sites (tertiary alicyclic amines) is 1. The minimum Gasteiger partial charge on any atom is -0.481 e. The number of pyridine rings is 1. The van der Waals surface area contributed by atoms with Crippen LogP contribution in [0.5, 0.6) is 5.88 Å². The topological polar surface area (TPSA) is 94.9 Å². The molecular formula is C28H33N3O4. The first kappa shape index (κ1) is 24.9. The van der Waals surface area contributed by atoms with Gasteiger partial charge in [-0.25, -0.2) is 9.78 Å². The number of methoxy groups -OCH3 is 1. The Morgan fingerprint density at radius 3 is 2.60 bits per heavy atom. The van der Waals surface area contributed by atoms with Gasteiger partial charge in [-0.2, -0.15) is 0 Å². The van der Waals surface area contributed by atoms with Crippen LogP contribution in [0.3, 0.4) is 0 Å². The van der Waals surface area contributed by atoms with Crippen molar-refractivity contribution in [2.75, 3.05) is 26.7 Å². The molecule has 0 bridgehead atoms. The number of ether oxygens (including phenoxy) is 1. The van der Waals surface area contributed by atoms with E-state index in [1.165, 1.54) is 11.1 Å². The number of nitrogens with one attached hydrogen (secondary N) is 1. The largest absolute Gasteiger partial charge is 0.481 e. The number of aliphatic carboxylic acids is 1. The summed E-state index contributed by atoms with van der Waals surface area (Å²) in [5.41, 5.74) is 4.64. The first-order valence-corrected chi connectivity index (χ1v) is 12.0. The third-order valence-electron chi connectivity index (χ3n) is 6.60. The first-order valence-electron chi connectivity index (χ1n) is 12.0. The van der Waals surface area contributed by atoms with Crippen molar-refractivity contribution in [3.63, 3.8) is 0 Å². The second-order valence-corrected chi connectivity index (χ2v) is 9.12. The molecule has 1 saturated heterocycles. The highest BCUT2D eigenvalue weighted by atomic mass is 16.5. The van der Waals surface area contributed by atoms with Crippen LogP contribution in [-0.2, 0) is 11.3 Å². The Labute approximate surface area is 206 Å². The van der Waals surface area contributed by atoms with E-state index in [-0.39, 0.29) is 0 Å². The van der Waals surface area contributed by atoms with E-state index in [2.05, 4.69) is 46.4 Å². The van der Waals surface area contributed by atoms with Gasteiger partial charge >= 0.3 is 5.97 Å². The highest BCUT2D eigenvalue weighted by Gasteiger charge is 2.23. The average Bonchev–Trinajstić information content (AvgIpc) is 2.87. The lowest BCUT2D eigenvalue weighted by Crippen LogP contribution is -2.43. The van der Waals surface area contributed by atoms with Crippen LogP contribution in [0.1, 0.15) is 41.2 Å². The number of rotatable bonds is 9. The lowest BCUT2D eigenvalue weighted by Gasteiger charge is -2.33. The van der Waals surface area contributed by atoms with Gasteiger partial charge in [-0.05, 0) is 56.1 Å². The van der Waals surface area contributed by atoms with Crippen molar-refractivity contribution in [2.45, 2.75) is 38.5 Å². The van der Waals surface area contributed by atoms with Crippen molar-refractivity contribution in [2.24, 2.45) is 0 Å². The molecule has 7 heteroatoms.